The summed E-state index contributed by atoms with van der Waals surface area (Å²) < 4.78 is 16.9. The van der Waals surface area contributed by atoms with Crippen LogP contribution in [0.15, 0.2) is 16.8 Å². The molecule has 3 rings (SSSR count). The Morgan fingerprint density at radius 2 is 2.16 bits per heavy atom. The lowest BCUT2D eigenvalue weighted by atomic mass is 10.0. The molecule has 0 fully saturated rings. The summed E-state index contributed by atoms with van der Waals surface area (Å²) in [7, 11) is 0. The molecular weight excluding hydrogens is 325 g/mol. The lowest BCUT2D eigenvalue weighted by Gasteiger charge is -2.11. The molecular formula is C16H16FN7O. The fourth-order valence-corrected chi connectivity index (χ4v) is 2.49. The normalized spacial score (nSPS) is 10.8. The molecule has 128 valence electrons. The second-order valence-corrected chi connectivity index (χ2v) is 5.48. The van der Waals surface area contributed by atoms with E-state index in [1.54, 1.807) is 12.1 Å². The van der Waals surface area contributed by atoms with E-state index in [4.69, 9.17) is 5.73 Å². The van der Waals surface area contributed by atoms with Gasteiger partial charge in [-0.25, -0.2) is 14.6 Å². The number of nitrogen functional groups attached to an aromatic ring is 1. The van der Waals surface area contributed by atoms with Crippen LogP contribution in [-0.4, -0.2) is 33.5 Å². The lowest BCUT2D eigenvalue weighted by molar-refractivity contribution is 0.315. The predicted octanol–water partition coefficient (Wildman–Crippen LogP) is 2.14. The van der Waals surface area contributed by atoms with Crippen molar-refractivity contribution in [2.45, 2.75) is 19.8 Å². The summed E-state index contributed by atoms with van der Waals surface area (Å²) >= 11 is 0. The van der Waals surface area contributed by atoms with Crippen LogP contribution in [0.1, 0.15) is 28.9 Å². The molecule has 0 radical (unpaired) electrons. The van der Waals surface area contributed by atoms with Crippen molar-refractivity contribution in [2.24, 2.45) is 0 Å². The Balaban J connectivity index is 1.93. The van der Waals surface area contributed by atoms with E-state index in [1.807, 2.05) is 6.92 Å². The topological polar surface area (TPSA) is 127 Å². The van der Waals surface area contributed by atoms with Crippen LogP contribution in [0.3, 0.4) is 0 Å². The number of aryl methyl sites for hydroxylation is 1. The van der Waals surface area contributed by atoms with Crippen molar-refractivity contribution in [3.8, 4) is 6.07 Å². The molecule has 25 heavy (non-hydrogen) atoms. The van der Waals surface area contributed by atoms with Crippen molar-refractivity contribution in [3.05, 3.63) is 34.6 Å². The number of fused-ring (bicyclic) bond motifs is 1. The van der Waals surface area contributed by atoms with Crippen molar-refractivity contribution in [3.63, 3.8) is 0 Å². The van der Waals surface area contributed by atoms with E-state index < -0.39 is 6.67 Å². The minimum atomic E-state index is -0.429. The number of halogens is 1. The van der Waals surface area contributed by atoms with Gasteiger partial charge in [0.2, 0.25) is 5.65 Å². The summed E-state index contributed by atoms with van der Waals surface area (Å²) in [5.41, 5.74) is 9.97. The second-order valence-electron chi connectivity index (χ2n) is 5.48. The molecule has 8 nitrogen and oxygen atoms in total. The van der Waals surface area contributed by atoms with E-state index in [-0.39, 0.29) is 0 Å². The molecule has 0 aromatic carbocycles. The molecule has 0 aliphatic heterocycles. The standard InChI is InChI=1S/C16H16FN7O/c1-9-12(13(19)14-16(21-9)24-25-23-14)7-11-4-3-10(8-18)15(22-11)20-6-2-5-17/h3-4H,2,5-7,19H2,1H3,(H,20,22). The molecule has 0 unspecified atom stereocenters. The van der Waals surface area contributed by atoms with Gasteiger partial charge in [-0.2, -0.15) is 5.26 Å². The fourth-order valence-electron chi connectivity index (χ4n) is 2.49. The van der Waals surface area contributed by atoms with E-state index in [2.05, 4.69) is 36.3 Å². The second kappa shape index (κ2) is 7.09. The summed E-state index contributed by atoms with van der Waals surface area (Å²) in [5.74, 6) is 0.432. The molecule has 9 heteroatoms. The maximum Gasteiger partial charge on any atom is 0.226 e. The fraction of sp³-hybridized carbons (Fsp3) is 0.312. The number of nitrogens with two attached hydrogens (primary N) is 1. The zero-order valence-electron chi connectivity index (χ0n) is 13.6. The van der Waals surface area contributed by atoms with E-state index in [9.17, 15) is 9.65 Å². The summed E-state index contributed by atoms with van der Waals surface area (Å²) in [6, 6.07) is 5.50. The third-order valence-corrected chi connectivity index (χ3v) is 3.80. The molecule has 0 atom stereocenters. The van der Waals surface area contributed by atoms with E-state index >= 15 is 0 Å². The van der Waals surface area contributed by atoms with Gasteiger partial charge >= 0.3 is 0 Å². The highest BCUT2D eigenvalue weighted by Gasteiger charge is 2.16. The summed E-state index contributed by atoms with van der Waals surface area (Å²) in [6.45, 7) is 1.80. The SMILES string of the molecule is Cc1nc2nonc2c(N)c1Cc1ccc(C#N)c(NCCCF)n1. The van der Waals surface area contributed by atoms with Crippen molar-refractivity contribution in [1.29, 1.82) is 5.26 Å². The highest BCUT2D eigenvalue weighted by molar-refractivity contribution is 5.85. The number of aromatic nitrogens is 4. The summed E-state index contributed by atoms with van der Waals surface area (Å²) in [5, 5.41) is 19.6. The van der Waals surface area contributed by atoms with Gasteiger partial charge in [-0.3, -0.25) is 4.39 Å². The van der Waals surface area contributed by atoms with Gasteiger partial charge in [0.25, 0.3) is 0 Å². The largest absolute Gasteiger partial charge is 0.396 e. The molecule has 0 aliphatic rings. The summed E-state index contributed by atoms with van der Waals surface area (Å²) in [4.78, 5) is 8.79. The van der Waals surface area contributed by atoms with Crippen LogP contribution in [0.5, 0.6) is 0 Å². The minimum Gasteiger partial charge on any atom is -0.396 e. The molecule has 0 aliphatic carbocycles. The van der Waals surface area contributed by atoms with Gasteiger partial charge in [0.1, 0.15) is 11.9 Å². The molecule has 0 saturated carbocycles. The van der Waals surface area contributed by atoms with Gasteiger partial charge in [0, 0.05) is 29.9 Å². The number of anilines is 2. The number of hydrogen-bond acceptors (Lipinski definition) is 8. The number of nitriles is 1. The zero-order valence-corrected chi connectivity index (χ0v) is 13.6. The van der Waals surface area contributed by atoms with E-state index in [0.717, 1.165) is 5.56 Å². The van der Waals surface area contributed by atoms with Gasteiger partial charge in [-0.1, -0.05) is 0 Å². The third kappa shape index (κ3) is 3.33. The first-order chi connectivity index (χ1) is 12.1. The number of nitrogens with zero attached hydrogens (tertiary/aromatic N) is 5. The minimum absolute atomic E-state index is 0.350. The average Bonchev–Trinajstić information content (AvgIpc) is 3.07. The van der Waals surface area contributed by atoms with Gasteiger partial charge < -0.3 is 11.1 Å². The maximum absolute atomic E-state index is 12.3. The van der Waals surface area contributed by atoms with Crippen molar-refractivity contribution in [2.75, 3.05) is 24.3 Å². The maximum atomic E-state index is 12.3. The van der Waals surface area contributed by atoms with Crippen molar-refractivity contribution < 1.29 is 9.02 Å². The Hall–Kier alpha value is -3.28. The molecule has 0 bridgehead atoms. The van der Waals surface area contributed by atoms with Crippen LogP contribution in [-0.2, 0) is 6.42 Å². The Labute approximate surface area is 142 Å². The van der Waals surface area contributed by atoms with Crippen LogP contribution in [0, 0.1) is 18.3 Å². The number of rotatable bonds is 6. The summed E-state index contributed by atoms with van der Waals surface area (Å²) in [6.07, 6.45) is 0.763. The van der Waals surface area contributed by atoms with Crippen LogP contribution in [0.4, 0.5) is 15.9 Å². The van der Waals surface area contributed by atoms with E-state index in [1.165, 1.54) is 0 Å². The molecule has 3 aromatic heterocycles. The first-order valence-corrected chi connectivity index (χ1v) is 7.71. The van der Waals surface area contributed by atoms with Gasteiger partial charge in [-0.15, -0.1) is 0 Å². The number of alkyl halides is 1. The Morgan fingerprint density at radius 1 is 1.32 bits per heavy atom. The Morgan fingerprint density at radius 3 is 2.92 bits per heavy atom. The van der Waals surface area contributed by atoms with Gasteiger partial charge in [0.05, 0.1) is 17.9 Å². The Bertz CT molecular complexity index is 948. The van der Waals surface area contributed by atoms with Crippen LogP contribution < -0.4 is 11.1 Å². The van der Waals surface area contributed by atoms with Crippen LogP contribution in [0.2, 0.25) is 0 Å². The molecule has 0 spiro atoms. The zero-order chi connectivity index (χ0) is 17.8. The van der Waals surface area contributed by atoms with Crippen LogP contribution in [0.25, 0.3) is 11.2 Å². The predicted molar refractivity (Wildman–Crippen MR) is 89.6 cm³/mol. The van der Waals surface area contributed by atoms with Gasteiger partial charge in [-0.05, 0) is 35.8 Å². The van der Waals surface area contributed by atoms with Gasteiger partial charge in [0.15, 0.2) is 5.52 Å². The molecule has 3 aromatic rings. The van der Waals surface area contributed by atoms with Crippen molar-refractivity contribution in [1.82, 2.24) is 20.3 Å². The quantitative estimate of drug-likeness (QED) is 0.653. The lowest BCUT2D eigenvalue weighted by Crippen LogP contribution is -2.09. The first-order valence-electron chi connectivity index (χ1n) is 7.71. The average molecular weight is 341 g/mol. The Kier molecular flexibility index (Phi) is 4.70. The third-order valence-electron chi connectivity index (χ3n) is 3.80. The monoisotopic (exact) mass is 341 g/mol. The smallest absolute Gasteiger partial charge is 0.226 e. The van der Waals surface area contributed by atoms with E-state index in [0.29, 0.717) is 59.0 Å². The number of nitrogens with one attached hydrogen (secondary N) is 1. The first kappa shape index (κ1) is 16.6. The molecule has 3 heterocycles. The highest BCUT2D eigenvalue weighted by Crippen LogP contribution is 2.26. The number of pyridine rings is 2. The molecule has 0 amide bonds. The van der Waals surface area contributed by atoms with Crippen LogP contribution >= 0.6 is 0 Å². The molecule has 0 saturated heterocycles. The van der Waals surface area contributed by atoms with Crippen molar-refractivity contribution >= 4 is 22.7 Å². The molecule has 3 N–H and O–H groups in total. The highest BCUT2D eigenvalue weighted by atomic mass is 19.1. The number of hydrogen-bond donors (Lipinski definition) is 2.